The summed E-state index contributed by atoms with van der Waals surface area (Å²) in [6.07, 6.45) is 2.45. The summed E-state index contributed by atoms with van der Waals surface area (Å²) in [6.45, 7) is 4.51. The quantitative estimate of drug-likeness (QED) is 0.458. The molecule has 0 atom stereocenters. The molecule has 0 fully saturated rings. The van der Waals surface area contributed by atoms with E-state index in [2.05, 4.69) is 36.2 Å². The van der Waals surface area contributed by atoms with Gasteiger partial charge >= 0.3 is 6.03 Å². The SMILES string of the molecule is CC(=O)NCCCNc1cc(C)nc(NC(=O)Nc2cc3ccccc3cn2)n1. The van der Waals surface area contributed by atoms with Crippen LogP contribution in [0.4, 0.5) is 22.4 Å². The predicted octanol–water partition coefficient (Wildman–Crippen LogP) is 2.92. The highest BCUT2D eigenvalue weighted by molar-refractivity contribution is 5.99. The molecule has 3 amide bonds. The molecule has 0 aliphatic rings. The summed E-state index contributed by atoms with van der Waals surface area (Å²) < 4.78 is 0. The fourth-order valence-electron chi connectivity index (χ4n) is 2.69. The van der Waals surface area contributed by atoms with Crippen LogP contribution in [0.2, 0.25) is 0 Å². The van der Waals surface area contributed by atoms with Crippen molar-refractivity contribution in [1.29, 1.82) is 0 Å². The Kier molecular flexibility index (Phi) is 6.51. The van der Waals surface area contributed by atoms with Crippen molar-refractivity contribution in [1.82, 2.24) is 20.3 Å². The second kappa shape index (κ2) is 9.45. The topological polar surface area (TPSA) is 121 Å². The monoisotopic (exact) mass is 393 g/mol. The van der Waals surface area contributed by atoms with E-state index < -0.39 is 6.03 Å². The molecule has 2 aromatic heterocycles. The van der Waals surface area contributed by atoms with E-state index in [4.69, 9.17) is 0 Å². The van der Waals surface area contributed by atoms with E-state index >= 15 is 0 Å². The van der Waals surface area contributed by atoms with Crippen molar-refractivity contribution < 1.29 is 9.59 Å². The molecule has 9 nitrogen and oxygen atoms in total. The number of amides is 3. The molecule has 0 saturated heterocycles. The smallest absolute Gasteiger partial charge is 0.327 e. The minimum atomic E-state index is -0.477. The first kappa shape index (κ1) is 20.0. The molecular weight excluding hydrogens is 370 g/mol. The van der Waals surface area contributed by atoms with Crippen LogP contribution in [0.1, 0.15) is 19.0 Å². The van der Waals surface area contributed by atoms with Crippen molar-refractivity contribution in [3.63, 3.8) is 0 Å². The number of hydrogen-bond donors (Lipinski definition) is 4. The molecular formula is C20H23N7O2. The minimum absolute atomic E-state index is 0.0544. The van der Waals surface area contributed by atoms with Gasteiger partial charge in [0.25, 0.3) is 0 Å². The first-order valence-electron chi connectivity index (χ1n) is 9.26. The number of hydrogen-bond acceptors (Lipinski definition) is 6. The van der Waals surface area contributed by atoms with Crippen LogP contribution in [-0.2, 0) is 4.79 Å². The van der Waals surface area contributed by atoms with E-state index in [0.717, 1.165) is 17.2 Å². The fraction of sp³-hybridized carbons (Fsp3) is 0.250. The van der Waals surface area contributed by atoms with Gasteiger partial charge in [0.15, 0.2) is 0 Å². The number of pyridine rings is 1. The van der Waals surface area contributed by atoms with Crippen molar-refractivity contribution in [2.24, 2.45) is 0 Å². The molecule has 2 heterocycles. The molecule has 0 aliphatic heterocycles. The zero-order chi connectivity index (χ0) is 20.6. The molecule has 0 aliphatic carbocycles. The van der Waals surface area contributed by atoms with Gasteiger partial charge in [-0.15, -0.1) is 0 Å². The third-order valence-corrected chi connectivity index (χ3v) is 3.99. The summed E-state index contributed by atoms with van der Waals surface area (Å²) in [4.78, 5) is 35.9. The van der Waals surface area contributed by atoms with Crippen LogP contribution in [0.3, 0.4) is 0 Å². The lowest BCUT2D eigenvalue weighted by Crippen LogP contribution is -2.23. The fourth-order valence-corrected chi connectivity index (χ4v) is 2.69. The van der Waals surface area contributed by atoms with Gasteiger partial charge in [0, 0.05) is 43.4 Å². The number of nitrogens with one attached hydrogen (secondary N) is 4. The minimum Gasteiger partial charge on any atom is -0.370 e. The number of benzene rings is 1. The number of carbonyl (C=O) groups excluding carboxylic acids is 2. The number of anilines is 3. The lowest BCUT2D eigenvalue weighted by Gasteiger charge is -2.10. The van der Waals surface area contributed by atoms with E-state index in [9.17, 15) is 9.59 Å². The van der Waals surface area contributed by atoms with Gasteiger partial charge in [0.2, 0.25) is 11.9 Å². The van der Waals surface area contributed by atoms with Crippen molar-refractivity contribution in [2.75, 3.05) is 29.0 Å². The van der Waals surface area contributed by atoms with Crippen LogP contribution >= 0.6 is 0 Å². The molecule has 4 N–H and O–H groups in total. The Morgan fingerprint density at radius 3 is 2.55 bits per heavy atom. The lowest BCUT2D eigenvalue weighted by molar-refractivity contribution is -0.118. The largest absolute Gasteiger partial charge is 0.370 e. The Morgan fingerprint density at radius 2 is 1.76 bits per heavy atom. The van der Waals surface area contributed by atoms with Gasteiger partial charge < -0.3 is 10.6 Å². The molecule has 1 aromatic carbocycles. The summed E-state index contributed by atoms with van der Waals surface area (Å²) in [5, 5.41) is 13.2. The van der Waals surface area contributed by atoms with Gasteiger partial charge in [-0.1, -0.05) is 24.3 Å². The normalized spacial score (nSPS) is 10.4. The van der Waals surface area contributed by atoms with Crippen LogP contribution in [0, 0.1) is 6.92 Å². The van der Waals surface area contributed by atoms with Crippen molar-refractivity contribution in [3.05, 3.63) is 48.3 Å². The van der Waals surface area contributed by atoms with Crippen LogP contribution in [0.5, 0.6) is 0 Å². The highest BCUT2D eigenvalue weighted by Crippen LogP contribution is 2.16. The van der Waals surface area contributed by atoms with Crippen molar-refractivity contribution in [2.45, 2.75) is 20.3 Å². The number of aromatic nitrogens is 3. The van der Waals surface area contributed by atoms with Gasteiger partial charge in [-0.05, 0) is 24.8 Å². The predicted molar refractivity (Wildman–Crippen MR) is 113 cm³/mol. The molecule has 3 aromatic rings. The number of urea groups is 1. The van der Waals surface area contributed by atoms with E-state index in [1.54, 1.807) is 18.3 Å². The number of aryl methyl sites for hydroxylation is 1. The van der Waals surface area contributed by atoms with Gasteiger partial charge in [0.1, 0.15) is 11.6 Å². The summed E-state index contributed by atoms with van der Waals surface area (Å²) in [6, 6.07) is 10.9. The van der Waals surface area contributed by atoms with Gasteiger partial charge in [-0.25, -0.2) is 14.8 Å². The summed E-state index contributed by atoms with van der Waals surface area (Å²) in [5.41, 5.74) is 0.712. The molecule has 0 saturated carbocycles. The molecule has 0 spiro atoms. The summed E-state index contributed by atoms with van der Waals surface area (Å²) in [7, 11) is 0. The Labute approximate surface area is 168 Å². The average molecular weight is 393 g/mol. The zero-order valence-electron chi connectivity index (χ0n) is 16.3. The highest BCUT2D eigenvalue weighted by Gasteiger charge is 2.08. The third-order valence-electron chi connectivity index (χ3n) is 3.99. The highest BCUT2D eigenvalue weighted by atomic mass is 16.2. The molecule has 150 valence electrons. The number of nitrogens with zero attached hydrogens (tertiary/aromatic N) is 3. The van der Waals surface area contributed by atoms with Crippen LogP contribution in [-0.4, -0.2) is 40.0 Å². The maximum atomic E-state index is 12.3. The Hall–Kier alpha value is -3.75. The zero-order valence-corrected chi connectivity index (χ0v) is 16.3. The molecule has 9 heteroatoms. The van der Waals surface area contributed by atoms with E-state index in [1.807, 2.05) is 31.2 Å². The molecule has 0 bridgehead atoms. The molecule has 29 heavy (non-hydrogen) atoms. The second-order valence-corrected chi connectivity index (χ2v) is 6.48. The molecule has 0 radical (unpaired) electrons. The number of rotatable bonds is 7. The molecule has 3 rings (SSSR count). The maximum Gasteiger partial charge on any atom is 0.327 e. The second-order valence-electron chi connectivity index (χ2n) is 6.48. The Morgan fingerprint density at radius 1 is 0.966 bits per heavy atom. The van der Waals surface area contributed by atoms with E-state index in [1.165, 1.54) is 6.92 Å². The standard InChI is InChI=1S/C20H23N7O2/c1-13-10-17(22-9-5-8-21-14(2)28)25-19(24-13)27-20(29)26-18-11-15-6-3-4-7-16(15)12-23-18/h3-4,6-7,10-12H,5,8-9H2,1-2H3,(H,21,28)(H3,22,23,24,25,26,27,29). The van der Waals surface area contributed by atoms with Crippen LogP contribution in [0.15, 0.2) is 42.6 Å². The lowest BCUT2D eigenvalue weighted by atomic mass is 10.2. The summed E-state index contributed by atoms with van der Waals surface area (Å²) >= 11 is 0. The number of carbonyl (C=O) groups is 2. The van der Waals surface area contributed by atoms with Crippen molar-refractivity contribution >= 4 is 40.3 Å². The van der Waals surface area contributed by atoms with Crippen LogP contribution in [0.25, 0.3) is 10.8 Å². The van der Waals surface area contributed by atoms with Gasteiger partial charge in [-0.2, -0.15) is 4.98 Å². The Balaban J connectivity index is 1.57. The Bertz CT molecular complexity index is 1020. The van der Waals surface area contributed by atoms with Gasteiger partial charge in [-0.3, -0.25) is 15.4 Å². The first-order chi connectivity index (χ1) is 14.0. The maximum absolute atomic E-state index is 12.3. The van der Waals surface area contributed by atoms with Crippen LogP contribution < -0.4 is 21.3 Å². The average Bonchev–Trinajstić information content (AvgIpc) is 2.67. The molecule has 0 unspecified atom stereocenters. The number of fused-ring (bicyclic) bond motifs is 1. The first-order valence-corrected chi connectivity index (χ1v) is 9.26. The third kappa shape index (κ3) is 6.13. The van der Waals surface area contributed by atoms with E-state index in [0.29, 0.717) is 30.4 Å². The van der Waals surface area contributed by atoms with Gasteiger partial charge in [0.05, 0.1) is 0 Å². The van der Waals surface area contributed by atoms with Crippen molar-refractivity contribution in [3.8, 4) is 0 Å². The summed E-state index contributed by atoms with van der Waals surface area (Å²) in [5.74, 6) is 1.17. The van der Waals surface area contributed by atoms with E-state index in [-0.39, 0.29) is 11.9 Å².